The molecule has 2 amide bonds. The number of imide groups is 1. The molecule has 0 N–H and O–H groups in total. The van der Waals surface area contributed by atoms with Crippen molar-refractivity contribution < 1.29 is 33.3 Å². The van der Waals surface area contributed by atoms with E-state index >= 15 is 0 Å². The van der Waals surface area contributed by atoms with Gasteiger partial charge in [0.25, 0.3) is 11.1 Å². The van der Waals surface area contributed by atoms with Crippen LogP contribution in [0.5, 0.6) is 17.2 Å². The first-order valence-corrected chi connectivity index (χ1v) is 11.7. The number of amides is 2. The zero-order valence-electron chi connectivity index (χ0n) is 18.3. The number of rotatable bonds is 10. The summed E-state index contributed by atoms with van der Waals surface area (Å²) in [5.41, 5.74) is 0.522. The maximum Gasteiger partial charge on any atom is 0.344 e. The summed E-state index contributed by atoms with van der Waals surface area (Å²) in [4.78, 5) is 38.0. The molecule has 0 unspecified atom stereocenters. The van der Waals surface area contributed by atoms with Crippen molar-refractivity contribution in [1.82, 2.24) is 4.90 Å². The van der Waals surface area contributed by atoms with E-state index in [4.69, 9.17) is 42.1 Å². The fourth-order valence-corrected chi connectivity index (χ4v) is 4.19. The molecule has 1 heterocycles. The van der Waals surface area contributed by atoms with Gasteiger partial charge in [-0.25, -0.2) is 4.79 Å². The van der Waals surface area contributed by atoms with Crippen molar-refractivity contribution in [2.24, 2.45) is 0 Å². The lowest BCUT2D eigenvalue weighted by Crippen LogP contribution is -2.32. The lowest BCUT2D eigenvalue weighted by atomic mass is 10.1. The highest BCUT2D eigenvalue weighted by molar-refractivity contribution is 8.18. The van der Waals surface area contributed by atoms with E-state index in [1.165, 1.54) is 13.2 Å². The normalized spacial score (nSPS) is 14.5. The number of benzene rings is 2. The van der Waals surface area contributed by atoms with Gasteiger partial charge in [0.1, 0.15) is 12.4 Å². The van der Waals surface area contributed by atoms with Crippen LogP contribution in [0.1, 0.15) is 12.5 Å². The Labute approximate surface area is 210 Å². The van der Waals surface area contributed by atoms with Crippen LogP contribution in [0, 0.1) is 0 Å². The number of halogens is 2. The summed E-state index contributed by atoms with van der Waals surface area (Å²) in [5.74, 6) is 0.0326. The first-order chi connectivity index (χ1) is 16.3. The van der Waals surface area contributed by atoms with Crippen molar-refractivity contribution in [2.75, 3.05) is 33.5 Å². The van der Waals surface area contributed by atoms with Crippen LogP contribution in [0.2, 0.25) is 10.0 Å². The second kappa shape index (κ2) is 12.0. The van der Waals surface area contributed by atoms with Gasteiger partial charge in [0.15, 0.2) is 18.1 Å². The number of carbonyl (C=O) groups is 3. The minimum Gasteiger partial charge on any atom is -0.493 e. The first kappa shape index (κ1) is 25.7. The first-order valence-electron chi connectivity index (χ1n) is 10.1. The molecule has 2 aromatic rings. The summed E-state index contributed by atoms with van der Waals surface area (Å²) < 4.78 is 21.1. The third-order valence-corrected chi connectivity index (χ3v) is 5.90. The number of ether oxygens (including phenoxy) is 4. The Morgan fingerprint density at radius 3 is 2.53 bits per heavy atom. The molecule has 0 aliphatic carbocycles. The van der Waals surface area contributed by atoms with Crippen LogP contribution in [-0.4, -0.2) is 55.5 Å². The van der Waals surface area contributed by atoms with Crippen LogP contribution in [0.4, 0.5) is 4.79 Å². The number of nitrogens with zero attached hydrogens (tertiary/aromatic N) is 1. The molecular weight excluding hydrogens is 505 g/mol. The molecule has 1 aliphatic heterocycles. The van der Waals surface area contributed by atoms with Crippen molar-refractivity contribution in [3.63, 3.8) is 0 Å². The highest BCUT2D eigenvalue weighted by Crippen LogP contribution is 2.39. The molecule has 11 heteroatoms. The number of methoxy groups -OCH3 is 1. The molecule has 0 saturated carbocycles. The van der Waals surface area contributed by atoms with E-state index in [-0.39, 0.29) is 47.8 Å². The van der Waals surface area contributed by atoms with Crippen LogP contribution in [0.15, 0.2) is 41.3 Å². The Hall–Kier alpha value is -2.88. The van der Waals surface area contributed by atoms with Gasteiger partial charge >= 0.3 is 5.97 Å². The predicted molar refractivity (Wildman–Crippen MR) is 130 cm³/mol. The zero-order valence-corrected chi connectivity index (χ0v) is 20.7. The topological polar surface area (TPSA) is 91.4 Å². The van der Waals surface area contributed by atoms with E-state index in [9.17, 15) is 14.4 Å². The lowest BCUT2D eigenvalue weighted by Gasteiger charge is -2.13. The molecule has 1 saturated heterocycles. The Morgan fingerprint density at radius 2 is 1.85 bits per heavy atom. The summed E-state index contributed by atoms with van der Waals surface area (Å²) in [6.45, 7) is 1.82. The third kappa shape index (κ3) is 6.59. The van der Waals surface area contributed by atoms with Crippen LogP contribution >= 0.6 is 35.0 Å². The second-order valence-corrected chi connectivity index (χ2v) is 8.60. The van der Waals surface area contributed by atoms with Crippen LogP contribution in [0.3, 0.4) is 0 Å². The van der Waals surface area contributed by atoms with Gasteiger partial charge in [-0.2, -0.15) is 0 Å². The largest absolute Gasteiger partial charge is 0.493 e. The fourth-order valence-electron chi connectivity index (χ4n) is 2.93. The van der Waals surface area contributed by atoms with E-state index in [1.54, 1.807) is 43.3 Å². The zero-order chi connectivity index (χ0) is 24.7. The van der Waals surface area contributed by atoms with Gasteiger partial charge in [-0.15, -0.1) is 0 Å². The molecule has 3 rings (SSSR count). The summed E-state index contributed by atoms with van der Waals surface area (Å²) in [7, 11) is 1.42. The van der Waals surface area contributed by atoms with Crippen LogP contribution in [-0.2, 0) is 14.3 Å². The Bertz CT molecular complexity index is 1110. The van der Waals surface area contributed by atoms with Gasteiger partial charge in [0.2, 0.25) is 0 Å². The highest BCUT2D eigenvalue weighted by Gasteiger charge is 2.35. The molecule has 8 nitrogen and oxygen atoms in total. The summed E-state index contributed by atoms with van der Waals surface area (Å²) in [6, 6.07) is 9.91. The Kier molecular flexibility index (Phi) is 9.09. The molecule has 1 fully saturated rings. The van der Waals surface area contributed by atoms with Crippen molar-refractivity contribution in [3.05, 3.63) is 56.9 Å². The van der Waals surface area contributed by atoms with Crippen LogP contribution < -0.4 is 14.2 Å². The van der Waals surface area contributed by atoms with Gasteiger partial charge in [-0.1, -0.05) is 23.2 Å². The number of thioether (sulfide) groups is 1. The molecule has 0 radical (unpaired) electrons. The molecule has 1 aliphatic rings. The molecular formula is C23H21Cl2NO7S. The lowest BCUT2D eigenvalue weighted by molar-refractivity contribution is -0.145. The van der Waals surface area contributed by atoms with Crippen molar-refractivity contribution in [3.8, 4) is 17.2 Å². The van der Waals surface area contributed by atoms with E-state index in [1.807, 2.05) is 0 Å². The Morgan fingerprint density at radius 1 is 1.12 bits per heavy atom. The fraction of sp³-hybridized carbons (Fsp3) is 0.261. The molecule has 2 aromatic carbocycles. The van der Waals surface area contributed by atoms with Gasteiger partial charge in [0.05, 0.1) is 30.2 Å². The monoisotopic (exact) mass is 525 g/mol. The smallest absolute Gasteiger partial charge is 0.344 e. The molecule has 180 valence electrons. The summed E-state index contributed by atoms with van der Waals surface area (Å²) in [6.07, 6.45) is 1.54. The number of esters is 1. The predicted octanol–water partition coefficient (Wildman–Crippen LogP) is 5.06. The molecule has 34 heavy (non-hydrogen) atoms. The van der Waals surface area contributed by atoms with Gasteiger partial charge in [-0.3, -0.25) is 14.5 Å². The number of hydrogen-bond acceptors (Lipinski definition) is 8. The average Bonchev–Trinajstić information content (AvgIpc) is 3.06. The van der Waals surface area contributed by atoms with Crippen molar-refractivity contribution >= 4 is 58.2 Å². The van der Waals surface area contributed by atoms with E-state index < -0.39 is 17.1 Å². The molecule has 0 bridgehead atoms. The molecule has 0 aromatic heterocycles. The maximum absolute atomic E-state index is 12.8. The molecule has 0 spiro atoms. The quantitative estimate of drug-likeness (QED) is 0.314. The van der Waals surface area contributed by atoms with Crippen molar-refractivity contribution in [1.29, 1.82) is 0 Å². The minimum atomic E-state index is -0.543. The SMILES string of the molecule is CCOC(=O)COc1c(Cl)cc(/C=C2\SC(=O)N(CCOc3ccc(Cl)cc3)C2=O)cc1OC. The minimum absolute atomic E-state index is 0.0926. The number of hydrogen-bond donors (Lipinski definition) is 0. The second-order valence-electron chi connectivity index (χ2n) is 6.76. The van der Waals surface area contributed by atoms with Crippen LogP contribution in [0.25, 0.3) is 6.08 Å². The number of carbonyl (C=O) groups excluding carboxylic acids is 3. The van der Waals surface area contributed by atoms with Crippen molar-refractivity contribution in [2.45, 2.75) is 6.92 Å². The Balaban J connectivity index is 1.68. The third-order valence-electron chi connectivity index (χ3n) is 4.46. The van der Waals surface area contributed by atoms with E-state index in [2.05, 4.69) is 0 Å². The van der Waals surface area contributed by atoms with Gasteiger partial charge < -0.3 is 18.9 Å². The van der Waals surface area contributed by atoms with Gasteiger partial charge in [-0.05, 0) is 66.7 Å². The highest BCUT2D eigenvalue weighted by atomic mass is 35.5. The van der Waals surface area contributed by atoms with E-state index in [0.29, 0.717) is 16.3 Å². The summed E-state index contributed by atoms with van der Waals surface area (Å²) >= 11 is 13.0. The standard InChI is InChI=1S/C23H21Cl2NO7S/c1-3-31-20(27)13-33-21-17(25)10-14(11-18(21)30-2)12-19-22(28)26(23(29)34-19)8-9-32-16-6-4-15(24)5-7-16/h4-7,10-12H,3,8-9,13H2,1-2H3/b19-12-. The van der Waals surface area contributed by atoms with Gasteiger partial charge in [0, 0.05) is 5.02 Å². The summed E-state index contributed by atoms with van der Waals surface area (Å²) in [5, 5.41) is 0.354. The maximum atomic E-state index is 12.8. The average molecular weight is 526 g/mol. The van der Waals surface area contributed by atoms with E-state index in [0.717, 1.165) is 16.7 Å². The molecule has 0 atom stereocenters.